The monoisotopic (exact) mass is 514 g/mol. The van der Waals surface area contributed by atoms with Gasteiger partial charge in [-0.3, -0.25) is 9.79 Å². The van der Waals surface area contributed by atoms with Gasteiger partial charge in [-0.15, -0.1) is 24.0 Å². The molecule has 1 saturated carbocycles. The fraction of sp³-hybridized carbons (Fsp3) is 0.636. The van der Waals surface area contributed by atoms with E-state index in [4.69, 9.17) is 4.74 Å². The van der Waals surface area contributed by atoms with Crippen molar-refractivity contribution < 1.29 is 9.53 Å². The molecule has 2 aliphatic rings. The Bertz CT molecular complexity index is 662. The molecule has 7 heteroatoms. The summed E-state index contributed by atoms with van der Waals surface area (Å²) in [5, 5.41) is 6.41. The number of nitrogens with one attached hydrogen (secondary N) is 2. The summed E-state index contributed by atoms with van der Waals surface area (Å²) in [6, 6.07) is 8.36. The van der Waals surface area contributed by atoms with Crippen molar-refractivity contribution in [1.29, 1.82) is 0 Å². The Balaban J connectivity index is 0.00000300. The van der Waals surface area contributed by atoms with E-state index in [0.29, 0.717) is 18.6 Å². The van der Waals surface area contributed by atoms with Crippen molar-refractivity contribution in [1.82, 2.24) is 15.5 Å². The van der Waals surface area contributed by atoms with E-state index in [9.17, 15) is 4.79 Å². The Morgan fingerprint density at radius 1 is 1.17 bits per heavy atom. The first-order valence-corrected chi connectivity index (χ1v) is 10.7. The number of aliphatic imine (C=N–C) groups is 1. The van der Waals surface area contributed by atoms with Gasteiger partial charge in [-0.2, -0.15) is 0 Å². The molecule has 0 bridgehead atoms. The molecule has 2 N–H and O–H groups in total. The van der Waals surface area contributed by atoms with E-state index in [0.717, 1.165) is 32.5 Å². The van der Waals surface area contributed by atoms with Gasteiger partial charge in [-0.05, 0) is 36.8 Å². The number of halogens is 1. The Hall–Kier alpha value is -1.35. The topological polar surface area (TPSA) is 66.0 Å². The molecule has 162 valence electrons. The summed E-state index contributed by atoms with van der Waals surface area (Å²) in [6.07, 6.45) is 8.69. The van der Waals surface area contributed by atoms with Gasteiger partial charge in [0.05, 0.1) is 12.6 Å². The SMILES string of the molecule is CN=C(NCCCOC1CCCCC1)NCC(=O)N1CCc2ccccc2C1.I. The van der Waals surface area contributed by atoms with Crippen molar-refractivity contribution in [2.75, 3.05) is 33.3 Å². The van der Waals surface area contributed by atoms with E-state index >= 15 is 0 Å². The van der Waals surface area contributed by atoms with Crippen LogP contribution in [-0.2, 0) is 22.5 Å². The minimum Gasteiger partial charge on any atom is -0.378 e. The maximum atomic E-state index is 12.5. The fourth-order valence-corrected chi connectivity index (χ4v) is 3.96. The van der Waals surface area contributed by atoms with Crippen molar-refractivity contribution in [3.8, 4) is 0 Å². The summed E-state index contributed by atoms with van der Waals surface area (Å²) in [5.41, 5.74) is 2.61. The molecule has 3 rings (SSSR count). The number of ether oxygens (including phenoxy) is 1. The quantitative estimate of drug-likeness (QED) is 0.254. The predicted octanol–water partition coefficient (Wildman–Crippen LogP) is 3.09. The normalized spacial score (nSPS) is 17.3. The fourth-order valence-electron chi connectivity index (χ4n) is 3.96. The van der Waals surface area contributed by atoms with Crippen LogP contribution in [0, 0.1) is 0 Å². The molecule has 0 aromatic heterocycles. The first-order chi connectivity index (χ1) is 13.8. The largest absolute Gasteiger partial charge is 0.378 e. The summed E-state index contributed by atoms with van der Waals surface area (Å²) in [6.45, 7) is 3.31. The molecule has 1 aromatic rings. The molecule has 1 heterocycles. The number of benzene rings is 1. The van der Waals surface area contributed by atoms with Gasteiger partial charge in [-0.25, -0.2) is 0 Å². The smallest absolute Gasteiger partial charge is 0.242 e. The highest BCUT2D eigenvalue weighted by Crippen LogP contribution is 2.20. The van der Waals surface area contributed by atoms with E-state index in [2.05, 4.69) is 33.8 Å². The van der Waals surface area contributed by atoms with Crippen LogP contribution in [0.5, 0.6) is 0 Å². The lowest BCUT2D eigenvalue weighted by molar-refractivity contribution is -0.130. The number of nitrogens with zero attached hydrogens (tertiary/aromatic N) is 2. The summed E-state index contributed by atoms with van der Waals surface area (Å²) in [7, 11) is 1.73. The summed E-state index contributed by atoms with van der Waals surface area (Å²) >= 11 is 0. The third-order valence-corrected chi connectivity index (χ3v) is 5.63. The number of carbonyl (C=O) groups is 1. The van der Waals surface area contributed by atoms with Gasteiger partial charge in [-0.1, -0.05) is 43.5 Å². The zero-order chi connectivity index (χ0) is 19.6. The van der Waals surface area contributed by atoms with Gasteiger partial charge >= 0.3 is 0 Å². The van der Waals surface area contributed by atoms with Crippen LogP contribution in [-0.4, -0.2) is 56.2 Å². The first kappa shape index (κ1) is 23.9. The van der Waals surface area contributed by atoms with Gasteiger partial charge in [0.2, 0.25) is 5.91 Å². The molecule has 1 aliphatic heterocycles. The molecule has 1 fully saturated rings. The zero-order valence-electron chi connectivity index (χ0n) is 17.5. The predicted molar refractivity (Wildman–Crippen MR) is 128 cm³/mol. The van der Waals surface area contributed by atoms with Crippen molar-refractivity contribution in [3.63, 3.8) is 0 Å². The zero-order valence-corrected chi connectivity index (χ0v) is 19.8. The van der Waals surface area contributed by atoms with Crippen LogP contribution in [0.3, 0.4) is 0 Å². The molecule has 1 aliphatic carbocycles. The molecule has 1 aromatic carbocycles. The van der Waals surface area contributed by atoms with Crippen molar-refractivity contribution >= 4 is 35.8 Å². The number of amides is 1. The molecule has 0 unspecified atom stereocenters. The number of hydrogen-bond donors (Lipinski definition) is 2. The third-order valence-electron chi connectivity index (χ3n) is 5.63. The van der Waals surface area contributed by atoms with Crippen LogP contribution in [0.1, 0.15) is 49.7 Å². The molecule has 0 spiro atoms. The van der Waals surface area contributed by atoms with Gasteiger partial charge in [0, 0.05) is 33.3 Å². The van der Waals surface area contributed by atoms with Crippen molar-refractivity contribution in [3.05, 3.63) is 35.4 Å². The van der Waals surface area contributed by atoms with Crippen LogP contribution in [0.2, 0.25) is 0 Å². The van der Waals surface area contributed by atoms with Crippen molar-refractivity contribution in [2.45, 2.75) is 57.6 Å². The van der Waals surface area contributed by atoms with E-state index in [1.807, 2.05) is 11.0 Å². The second kappa shape index (κ2) is 13.1. The van der Waals surface area contributed by atoms with E-state index < -0.39 is 0 Å². The third kappa shape index (κ3) is 7.77. The molecule has 0 atom stereocenters. The van der Waals surface area contributed by atoms with E-state index in [-0.39, 0.29) is 36.4 Å². The molecular weight excluding hydrogens is 479 g/mol. The maximum Gasteiger partial charge on any atom is 0.242 e. The summed E-state index contributed by atoms with van der Waals surface area (Å²) in [4.78, 5) is 18.7. The molecular formula is C22H35IN4O2. The Kier molecular flexibility index (Phi) is 10.8. The van der Waals surface area contributed by atoms with Gasteiger partial charge in [0.1, 0.15) is 0 Å². The summed E-state index contributed by atoms with van der Waals surface area (Å²) < 4.78 is 5.94. The molecule has 6 nitrogen and oxygen atoms in total. The number of fused-ring (bicyclic) bond motifs is 1. The number of hydrogen-bond acceptors (Lipinski definition) is 3. The van der Waals surface area contributed by atoms with E-state index in [1.165, 1.54) is 43.2 Å². The van der Waals surface area contributed by atoms with Gasteiger partial charge in [0.15, 0.2) is 5.96 Å². The Morgan fingerprint density at radius 3 is 2.69 bits per heavy atom. The lowest BCUT2D eigenvalue weighted by Gasteiger charge is -2.29. The Labute approximate surface area is 191 Å². The lowest BCUT2D eigenvalue weighted by atomic mass is 9.98. The molecule has 29 heavy (non-hydrogen) atoms. The standard InChI is InChI=1S/C22H34N4O2.HI/c1-23-22(24-13-7-15-28-20-10-3-2-4-11-20)25-16-21(27)26-14-12-18-8-5-6-9-19(18)17-26;/h5-6,8-9,20H,2-4,7,10-17H2,1H3,(H2,23,24,25);1H. The van der Waals surface area contributed by atoms with E-state index in [1.54, 1.807) is 7.05 Å². The number of guanidine groups is 1. The maximum absolute atomic E-state index is 12.5. The highest BCUT2D eigenvalue weighted by Gasteiger charge is 2.20. The number of rotatable bonds is 7. The number of carbonyl (C=O) groups excluding carboxylic acids is 1. The highest BCUT2D eigenvalue weighted by atomic mass is 127. The van der Waals surface area contributed by atoms with Crippen LogP contribution in [0.25, 0.3) is 0 Å². The van der Waals surface area contributed by atoms with Gasteiger partial charge < -0.3 is 20.3 Å². The van der Waals surface area contributed by atoms with Gasteiger partial charge in [0.25, 0.3) is 0 Å². The Morgan fingerprint density at radius 2 is 1.93 bits per heavy atom. The average Bonchev–Trinajstić information content (AvgIpc) is 2.75. The van der Waals surface area contributed by atoms with Crippen LogP contribution >= 0.6 is 24.0 Å². The average molecular weight is 514 g/mol. The first-order valence-electron chi connectivity index (χ1n) is 10.7. The molecule has 0 radical (unpaired) electrons. The summed E-state index contributed by atoms with van der Waals surface area (Å²) in [5.74, 6) is 0.779. The molecule has 0 saturated heterocycles. The van der Waals surface area contributed by atoms with Crippen LogP contribution < -0.4 is 10.6 Å². The molecule has 1 amide bonds. The van der Waals surface area contributed by atoms with Crippen molar-refractivity contribution in [2.24, 2.45) is 4.99 Å². The minimum atomic E-state index is 0. The second-order valence-electron chi connectivity index (χ2n) is 7.67. The highest BCUT2D eigenvalue weighted by molar-refractivity contribution is 14.0. The lowest BCUT2D eigenvalue weighted by Crippen LogP contribution is -2.46. The van der Waals surface area contributed by atoms with Crippen LogP contribution in [0.15, 0.2) is 29.3 Å². The van der Waals surface area contributed by atoms with Crippen LogP contribution in [0.4, 0.5) is 0 Å². The second-order valence-corrected chi connectivity index (χ2v) is 7.67. The minimum absolute atomic E-state index is 0.